The highest BCUT2D eigenvalue weighted by Crippen LogP contribution is 2.36. The van der Waals surface area contributed by atoms with Crippen molar-refractivity contribution in [3.8, 4) is 5.75 Å². The Morgan fingerprint density at radius 3 is 2.53 bits per heavy atom. The van der Waals surface area contributed by atoms with Crippen LogP contribution in [0, 0.1) is 11.8 Å². The van der Waals surface area contributed by atoms with Gasteiger partial charge in [0.25, 0.3) is 0 Å². The molecular formula is C15H23NO. The summed E-state index contributed by atoms with van der Waals surface area (Å²) in [4.78, 5) is 0. The fraction of sp³-hybridized carbons (Fsp3) is 0.600. The van der Waals surface area contributed by atoms with E-state index >= 15 is 0 Å². The monoisotopic (exact) mass is 233 g/mol. The lowest BCUT2D eigenvalue weighted by Gasteiger charge is -2.14. The van der Waals surface area contributed by atoms with Crippen LogP contribution in [0.15, 0.2) is 24.3 Å². The molecule has 1 aliphatic carbocycles. The van der Waals surface area contributed by atoms with Crippen molar-refractivity contribution in [1.29, 1.82) is 0 Å². The average Bonchev–Trinajstić information content (AvgIpc) is 3.04. The van der Waals surface area contributed by atoms with E-state index < -0.39 is 0 Å². The van der Waals surface area contributed by atoms with Gasteiger partial charge in [0, 0.05) is 6.04 Å². The van der Waals surface area contributed by atoms with E-state index in [1.165, 1.54) is 18.5 Å². The van der Waals surface area contributed by atoms with Gasteiger partial charge in [-0.25, -0.2) is 0 Å². The molecule has 2 heteroatoms. The minimum Gasteiger partial charge on any atom is -0.497 e. The maximum Gasteiger partial charge on any atom is 0.118 e. The Hall–Kier alpha value is -1.02. The fourth-order valence-electron chi connectivity index (χ4n) is 2.22. The molecule has 0 heterocycles. The van der Waals surface area contributed by atoms with Crippen LogP contribution in [0.2, 0.25) is 0 Å². The van der Waals surface area contributed by atoms with Gasteiger partial charge in [0.05, 0.1) is 7.11 Å². The molecule has 94 valence electrons. The van der Waals surface area contributed by atoms with Crippen LogP contribution >= 0.6 is 0 Å². The Labute approximate surface area is 104 Å². The predicted octanol–water partition coefficient (Wildman–Crippen LogP) is 2.87. The molecule has 0 aliphatic heterocycles. The third kappa shape index (κ3) is 3.74. The van der Waals surface area contributed by atoms with Crippen LogP contribution in [0.1, 0.15) is 25.8 Å². The second-order valence-electron chi connectivity index (χ2n) is 5.33. The third-order valence-corrected chi connectivity index (χ3v) is 3.71. The Kier molecular flexibility index (Phi) is 4.06. The molecule has 2 nitrogen and oxygen atoms in total. The topological polar surface area (TPSA) is 21.3 Å². The van der Waals surface area contributed by atoms with Crippen molar-refractivity contribution in [2.45, 2.75) is 32.7 Å². The summed E-state index contributed by atoms with van der Waals surface area (Å²) >= 11 is 0. The number of benzene rings is 1. The van der Waals surface area contributed by atoms with Gasteiger partial charge in [-0.15, -0.1) is 0 Å². The van der Waals surface area contributed by atoms with Crippen LogP contribution < -0.4 is 10.1 Å². The van der Waals surface area contributed by atoms with E-state index in [0.717, 1.165) is 24.0 Å². The number of nitrogens with one attached hydrogen (secondary N) is 1. The first kappa shape index (κ1) is 12.4. The van der Waals surface area contributed by atoms with Gasteiger partial charge in [-0.2, -0.15) is 0 Å². The van der Waals surface area contributed by atoms with E-state index in [1.54, 1.807) is 7.11 Å². The standard InChI is InChI=1S/C15H23NO/c1-11-8-14(11)10-16-12(2)9-13-4-6-15(17-3)7-5-13/h4-7,11-12,14,16H,8-10H2,1-3H3. The molecular weight excluding hydrogens is 210 g/mol. The first-order valence-corrected chi connectivity index (χ1v) is 6.55. The van der Waals surface area contributed by atoms with Gasteiger partial charge in [0.2, 0.25) is 0 Å². The van der Waals surface area contributed by atoms with E-state index in [4.69, 9.17) is 4.74 Å². The van der Waals surface area contributed by atoms with Crippen molar-refractivity contribution >= 4 is 0 Å². The zero-order valence-corrected chi connectivity index (χ0v) is 11.1. The molecule has 0 radical (unpaired) electrons. The summed E-state index contributed by atoms with van der Waals surface area (Å²) in [5, 5.41) is 3.62. The van der Waals surface area contributed by atoms with E-state index in [2.05, 4.69) is 31.3 Å². The molecule has 1 aliphatic rings. The smallest absolute Gasteiger partial charge is 0.118 e. The highest BCUT2D eigenvalue weighted by Gasteiger charge is 2.31. The van der Waals surface area contributed by atoms with Gasteiger partial charge in [-0.3, -0.25) is 0 Å². The highest BCUT2D eigenvalue weighted by atomic mass is 16.5. The molecule has 0 amide bonds. The minimum absolute atomic E-state index is 0.552. The van der Waals surface area contributed by atoms with E-state index in [-0.39, 0.29) is 0 Å². The molecule has 1 aromatic carbocycles. The van der Waals surface area contributed by atoms with Crippen LogP contribution in [-0.4, -0.2) is 19.7 Å². The predicted molar refractivity (Wildman–Crippen MR) is 71.4 cm³/mol. The van der Waals surface area contributed by atoms with Crippen LogP contribution in [0.5, 0.6) is 5.75 Å². The molecule has 1 fully saturated rings. The van der Waals surface area contributed by atoms with Gasteiger partial charge in [0.15, 0.2) is 0 Å². The number of methoxy groups -OCH3 is 1. The Morgan fingerprint density at radius 2 is 2.00 bits per heavy atom. The van der Waals surface area contributed by atoms with Gasteiger partial charge in [0.1, 0.15) is 5.75 Å². The number of rotatable bonds is 6. The second kappa shape index (κ2) is 5.54. The zero-order chi connectivity index (χ0) is 12.3. The largest absolute Gasteiger partial charge is 0.497 e. The molecule has 3 unspecified atom stereocenters. The van der Waals surface area contributed by atoms with E-state index in [0.29, 0.717) is 6.04 Å². The molecule has 17 heavy (non-hydrogen) atoms. The fourth-order valence-corrected chi connectivity index (χ4v) is 2.22. The number of ether oxygens (including phenoxy) is 1. The van der Waals surface area contributed by atoms with Crippen molar-refractivity contribution in [2.24, 2.45) is 11.8 Å². The van der Waals surface area contributed by atoms with Crippen LogP contribution in [0.4, 0.5) is 0 Å². The van der Waals surface area contributed by atoms with E-state index in [9.17, 15) is 0 Å². The van der Waals surface area contributed by atoms with Crippen molar-refractivity contribution in [3.63, 3.8) is 0 Å². The summed E-state index contributed by atoms with van der Waals surface area (Å²) in [5.74, 6) is 2.80. The quantitative estimate of drug-likeness (QED) is 0.815. The summed E-state index contributed by atoms with van der Waals surface area (Å²) in [6.07, 6.45) is 2.49. The van der Waals surface area contributed by atoms with Gasteiger partial charge >= 0.3 is 0 Å². The normalized spacial score (nSPS) is 24.4. The van der Waals surface area contributed by atoms with Crippen molar-refractivity contribution in [3.05, 3.63) is 29.8 Å². The molecule has 1 saturated carbocycles. The number of hydrogen-bond acceptors (Lipinski definition) is 2. The summed E-state index contributed by atoms with van der Waals surface area (Å²) in [7, 11) is 1.70. The lowest BCUT2D eigenvalue weighted by molar-refractivity contribution is 0.414. The molecule has 0 saturated heterocycles. The molecule has 0 bridgehead atoms. The summed E-state index contributed by atoms with van der Waals surface area (Å²) in [6, 6.07) is 8.92. The second-order valence-corrected chi connectivity index (χ2v) is 5.33. The molecule has 1 N–H and O–H groups in total. The van der Waals surface area contributed by atoms with Crippen LogP contribution in [0.25, 0.3) is 0 Å². The summed E-state index contributed by atoms with van der Waals surface area (Å²) in [6.45, 7) is 5.77. The van der Waals surface area contributed by atoms with Crippen molar-refractivity contribution in [1.82, 2.24) is 5.32 Å². The molecule has 1 aromatic rings. The third-order valence-electron chi connectivity index (χ3n) is 3.71. The van der Waals surface area contributed by atoms with Gasteiger partial charge in [-0.05, 0) is 55.8 Å². The Balaban J connectivity index is 1.74. The van der Waals surface area contributed by atoms with Gasteiger partial charge in [-0.1, -0.05) is 19.1 Å². The first-order chi connectivity index (χ1) is 8.19. The molecule has 3 atom stereocenters. The lowest BCUT2D eigenvalue weighted by atomic mass is 10.1. The first-order valence-electron chi connectivity index (χ1n) is 6.55. The van der Waals surface area contributed by atoms with Gasteiger partial charge < -0.3 is 10.1 Å². The highest BCUT2D eigenvalue weighted by molar-refractivity contribution is 5.27. The molecule has 0 spiro atoms. The molecule has 0 aromatic heterocycles. The maximum atomic E-state index is 5.16. The summed E-state index contributed by atoms with van der Waals surface area (Å²) < 4.78 is 5.16. The van der Waals surface area contributed by atoms with Crippen molar-refractivity contribution in [2.75, 3.05) is 13.7 Å². The van der Waals surface area contributed by atoms with Crippen molar-refractivity contribution < 1.29 is 4.74 Å². The average molecular weight is 233 g/mol. The SMILES string of the molecule is COc1ccc(CC(C)NCC2CC2C)cc1. The lowest BCUT2D eigenvalue weighted by Crippen LogP contribution is -2.30. The number of hydrogen-bond donors (Lipinski definition) is 1. The maximum absolute atomic E-state index is 5.16. The van der Waals surface area contributed by atoms with Crippen LogP contribution in [0.3, 0.4) is 0 Å². The summed E-state index contributed by atoms with van der Waals surface area (Å²) in [5.41, 5.74) is 1.37. The Bertz CT molecular complexity index is 346. The zero-order valence-electron chi connectivity index (χ0n) is 11.1. The minimum atomic E-state index is 0.552. The van der Waals surface area contributed by atoms with E-state index in [1.807, 2.05) is 12.1 Å². The van der Waals surface area contributed by atoms with Crippen LogP contribution in [-0.2, 0) is 6.42 Å². The molecule has 2 rings (SSSR count). The Morgan fingerprint density at radius 1 is 1.35 bits per heavy atom.